The van der Waals surface area contributed by atoms with Crippen molar-refractivity contribution in [3.05, 3.63) is 78.6 Å². The van der Waals surface area contributed by atoms with E-state index in [1.165, 1.54) is 12.1 Å². The van der Waals surface area contributed by atoms with Crippen molar-refractivity contribution in [3.63, 3.8) is 0 Å². The maximum Gasteiger partial charge on any atom is 0.255 e. The zero-order valence-corrected chi connectivity index (χ0v) is 16.6. The average Bonchev–Trinajstić information content (AvgIpc) is 3.52. The van der Waals surface area contributed by atoms with Crippen LogP contribution in [-0.2, 0) is 0 Å². The highest BCUT2D eigenvalue weighted by Crippen LogP contribution is 2.28. The topological polar surface area (TPSA) is 89.9 Å². The number of amides is 1. The quantitative estimate of drug-likeness (QED) is 0.504. The van der Waals surface area contributed by atoms with E-state index in [1.54, 1.807) is 58.7 Å². The van der Waals surface area contributed by atoms with Gasteiger partial charge in [0.25, 0.3) is 5.91 Å². The van der Waals surface area contributed by atoms with Gasteiger partial charge in [0.05, 0.1) is 11.5 Å². The molecule has 3 aromatic heterocycles. The number of benzene rings is 1. The number of carbonyl (C=O) groups excluding carboxylic acids is 1. The van der Waals surface area contributed by atoms with E-state index in [2.05, 4.69) is 20.1 Å². The average molecular weight is 418 g/mol. The minimum atomic E-state index is -0.356. The number of likely N-dealkylation sites (tertiary alicyclic amines) is 1. The van der Waals surface area contributed by atoms with Crippen molar-refractivity contribution >= 4 is 5.91 Å². The molecule has 4 aromatic rings. The fraction of sp³-hybridized carbons (Fsp3) is 0.227. The van der Waals surface area contributed by atoms with Gasteiger partial charge in [0, 0.05) is 37.2 Å². The third-order valence-corrected chi connectivity index (χ3v) is 5.35. The molecule has 8 nitrogen and oxygen atoms in total. The van der Waals surface area contributed by atoms with Crippen molar-refractivity contribution in [3.8, 4) is 17.2 Å². The molecule has 0 saturated carbocycles. The molecular formula is C22H19FN6O2. The van der Waals surface area contributed by atoms with Crippen LogP contribution in [0.1, 0.15) is 35.0 Å². The Morgan fingerprint density at radius 2 is 2.16 bits per heavy atom. The predicted octanol–water partition coefficient (Wildman–Crippen LogP) is 3.48. The van der Waals surface area contributed by atoms with E-state index >= 15 is 0 Å². The summed E-state index contributed by atoms with van der Waals surface area (Å²) in [4.78, 5) is 27.6. The van der Waals surface area contributed by atoms with Gasteiger partial charge >= 0.3 is 0 Å². The molecular weight excluding hydrogens is 399 g/mol. The molecule has 1 aliphatic heterocycles. The minimum absolute atomic E-state index is 0.0642. The molecule has 31 heavy (non-hydrogen) atoms. The summed E-state index contributed by atoms with van der Waals surface area (Å²) >= 11 is 0. The molecule has 1 unspecified atom stereocenters. The van der Waals surface area contributed by atoms with Crippen LogP contribution in [0.25, 0.3) is 17.2 Å². The van der Waals surface area contributed by atoms with Gasteiger partial charge in [0.15, 0.2) is 0 Å². The third-order valence-electron chi connectivity index (χ3n) is 5.35. The van der Waals surface area contributed by atoms with E-state index in [1.807, 2.05) is 0 Å². The Morgan fingerprint density at radius 3 is 2.94 bits per heavy atom. The molecule has 1 aliphatic rings. The Hall–Kier alpha value is -3.88. The van der Waals surface area contributed by atoms with Gasteiger partial charge < -0.3 is 9.42 Å². The standard InChI is InChI=1S/C22H19FN6O2/c23-18-5-1-3-15(11-18)20-26-21(31-27-20)17-4-2-9-28(13-17)22(30)16-6-7-19(25-12-16)29-10-8-24-14-29/h1,3,5-8,10-12,14,17H,2,4,9,13H2. The third kappa shape index (κ3) is 3.94. The molecule has 0 aliphatic carbocycles. The molecule has 0 N–H and O–H groups in total. The van der Waals surface area contributed by atoms with Crippen LogP contribution >= 0.6 is 0 Å². The Bertz CT molecular complexity index is 1190. The van der Waals surface area contributed by atoms with Gasteiger partial charge in [0.2, 0.25) is 11.7 Å². The molecule has 1 aromatic carbocycles. The largest absolute Gasteiger partial charge is 0.339 e. The number of halogens is 1. The molecule has 4 heterocycles. The number of imidazole rings is 1. The number of hydrogen-bond donors (Lipinski definition) is 0. The zero-order valence-electron chi connectivity index (χ0n) is 16.6. The van der Waals surface area contributed by atoms with Crippen LogP contribution < -0.4 is 0 Å². The second kappa shape index (κ2) is 8.10. The molecule has 5 rings (SSSR count). The van der Waals surface area contributed by atoms with E-state index in [-0.39, 0.29) is 17.6 Å². The van der Waals surface area contributed by atoms with E-state index in [0.29, 0.717) is 41.7 Å². The predicted molar refractivity (Wildman–Crippen MR) is 109 cm³/mol. The molecule has 156 valence electrons. The van der Waals surface area contributed by atoms with Crippen molar-refractivity contribution < 1.29 is 13.7 Å². The summed E-state index contributed by atoms with van der Waals surface area (Å²) in [6.07, 6.45) is 8.37. The lowest BCUT2D eigenvalue weighted by Gasteiger charge is -2.31. The first-order chi connectivity index (χ1) is 15.2. The summed E-state index contributed by atoms with van der Waals surface area (Å²) in [5, 5.41) is 3.99. The van der Waals surface area contributed by atoms with Gasteiger partial charge in [-0.25, -0.2) is 14.4 Å². The van der Waals surface area contributed by atoms with E-state index < -0.39 is 0 Å². The summed E-state index contributed by atoms with van der Waals surface area (Å²) in [5.74, 6) is 1.000. The Labute approximate surface area is 177 Å². The van der Waals surface area contributed by atoms with Gasteiger partial charge in [-0.2, -0.15) is 4.98 Å². The van der Waals surface area contributed by atoms with Crippen LogP contribution in [-0.4, -0.2) is 48.6 Å². The van der Waals surface area contributed by atoms with Gasteiger partial charge in [-0.3, -0.25) is 9.36 Å². The molecule has 1 fully saturated rings. The van der Waals surface area contributed by atoms with Crippen molar-refractivity contribution in [2.24, 2.45) is 0 Å². The van der Waals surface area contributed by atoms with Crippen molar-refractivity contribution in [1.82, 2.24) is 29.6 Å². The highest BCUT2D eigenvalue weighted by Gasteiger charge is 2.29. The number of pyridine rings is 1. The highest BCUT2D eigenvalue weighted by atomic mass is 19.1. The lowest BCUT2D eigenvalue weighted by Crippen LogP contribution is -2.39. The summed E-state index contributed by atoms with van der Waals surface area (Å²) in [5.41, 5.74) is 1.08. The van der Waals surface area contributed by atoms with E-state index in [9.17, 15) is 9.18 Å². The Morgan fingerprint density at radius 1 is 1.23 bits per heavy atom. The van der Waals surface area contributed by atoms with Crippen LogP contribution in [0.3, 0.4) is 0 Å². The second-order valence-corrected chi connectivity index (χ2v) is 7.43. The van der Waals surface area contributed by atoms with Crippen LogP contribution in [0.2, 0.25) is 0 Å². The van der Waals surface area contributed by atoms with Gasteiger partial charge in [-0.1, -0.05) is 17.3 Å². The molecule has 1 amide bonds. The normalized spacial score (nSPS) is 16.4. The van der Waals surface area contributed by atoms with Crippen molar-refractivity contribution in [1.29, 1.82) is 0 Å². The maximum atomic E-state index is 13.5. The fourth-order valence-electron chi connectivity index (χ4n) is 3.75. The van der Waals surface area contributed by atoms with E-state index in [0.717, 1.165) is 12.8 Å². The highest BCUT2D eigenvalue weighted by molar-refractivity contribution is 5.94. The van der Waals surface area contributed by atoms with Crippen molar-refractivity contribution in [2.75, 3.05) is 13.1 Å². The monoisotopic (exact) mass is 418 g/mol. The summed E-state index contributed by atoms with van der Waals surface area (Å²) < 4.78 is 20.7. The van der Waals surface area contributed by atoms with Gasteiger partial charge in [-0.05, 0) is 37.1 Å². The number of carbonyl (C=O) groups is 1. The van der Waals surface area contributed by atoms with Crippen LogP contribution in [0.15, 0.2) is 65.8 Å². The number of piperidine rings is 1. The molecule has 9 heteroatoms. The number of hydrogen-bond acceptors (Lipinski definition) is 6. The Kier molecular flexibility index (Phi) is 4.99. The van der Waals surface area contributed by atoms with Gasteiger partial charge in [-0.15, -0.1) is 0 Å². The number of nitrogens with zero attached hydrogens (tertiary/aromatic N) is 6. The molecule has 0 bridgehead atoms. The van der Waals surface area contributed by atoms with E-state index in [4.69, 9.17) is 4.52 Å². The zero-order chi connectivity index (χ0) is 21.2. The fourth-order valence-corrected chi connectivity index (χ4v) is 3.75. The summed E-state index contributed by atoms with van der Waals surface area (Å²) in [6, 6.07) is 9.63. The second-order valence-electron chi connectivity index (χ2n) is 7.43. The van der Waals surface area contributed by atoms with Crippen LogP contribution in [0.4, 0.5) is 4.39 Å². The molecule has 1 saturated heterocycles. The number of rotatable bonds is 4. The lowest BCUT2D eigenvalue weighted by molar-refractivity contribution is 0.0695. The van der Waals surface area contributed by atoms with Gasteiger partial charge in [0.1, 0.15) is 18.0 Å². The van der Waals surface area contributed by atoms with Crippen molar-refractivity contribution in [2.45, 2.75) is 18.8 Å². The smallest absolute Gasteiger partial charge is 0.255 e. The summed E-state index contributed by atoms with van der Waals surface area (Å²) in [6.45, 7) is 1.14. The first kappa shape index (κ1) is 19.1. The first-order valence-electron chi connectivity index (χ1n) is 10.0. The minimum Gasteiger partial charge on any atom is -0.339 e. The molecule has 0 radical (unpaired) electrons. The molecule has 0 spiro atoms. The number of aromatic nitrogens is 5. The maximum absolute atomic E-state index is 13.5. The first-order valence-corrected chi connectivity index (χ1v) is 10.0. The summed E-state index contributed by atoms with van der Waals surface area (Å²) in [7, 11) is 0. The molecule has 1 atom stereocenters. The lowest BCUT2D eigenvalue weighted by atomic mass is 9.97. The Balaban J connectivity index is 1.30. The van der Waals surface area contributed by atoms with Crippen LogP contribution in [0, 0.1) is 5.82 Å². The SMILES string of the molecule is O=C(c1ccc(-n2ccnc2)nc1)N1CCCC(c2nc(-c3cccc(F)c3)no2)C1. The van der Waals surface area contributed by atoms with Crippen LogP contribution in [0.5, 0.6) is 0 Å².